The predicted octanol–water partition coefficient (Wildman–Crippen LogP) is -0.0106. The first-order valence-electron chi connectivity index (χ1n) is 3.96. The van der Waals surface area contributed by atoms with Crippen molar-refractivity contribution in [2.45, 2.75) is 20.0 Å². The molecule has 0 aliphatic heterocycles. The van der Waals surface area contributed by atoms with Crippen LogP contribution in [-0.2, 0) is 14.3 Å². The average molecular weight is 176 g/mol. The van der Waals surface area contributed by atoms with Gasteiger partial charge in [-0.05, 0) is 13.8 Å². The van der Waals surface area contributed by atoms with Crippen molar-refractivity contribution in [2.24, 2.45) is 0 Å². The summed E-state index contributed by atoms with van der Waals surface area (Å²) in [6, 6.07) is 0. The van der Waals surface area contributed by atoms with Gasteiger partial charge in [0.2, 0.25) is 0 Å². The second kappa shape index (κ2) is 7.21. The van der Waals surface area contributed by atoms with E-state index in [4.69, 9.17) is 14.6 Å². The van der Waals surface area contributed by atoms with E-state index in [1.165, 1.54) is 6.92 Å². The standard InChI is InChI=1S/C8H16O4/c1-7(9)5-11-3-4-12-6-8(2)10/h7,9H,3-6H2,1-2H3. The summed E-state index contributed by atoms with van der Waals surface area (Å²) in [7, 11) is 0. The molecular formula is C8H16O4. The molecule has 0 bridgehead atoms. The molecule has 0 aromatic heterocycles. The van der Waals surface area contributed by atoms with Crippen molar-refractivity contribution < 1.29 is 19.4 Å². The van der Waals surface area contributed by atoms with Gasteiger partial charge in [-0.1, -0.05) is 0 Å². The summed E-state index contributed by atoms with van der Waals surface area (Å²) < 4.78 is 9.91. The molecule has 0 fully saturated rings. The summed E-state index contributed by atoms with van der Waals surface area (Å²) in [6.07, 6.45) is -0.446. The van der Waals surface area contributed by atoms with Crippen LogP contribution in [0.4, 0.5) is 0 Å². The summed E-state index contributed by atoms with van der Waals surface area (Å²) >= 11 is 0. The van der Waals surface area contributed by atoms with Gasteiger partial charge in [0.25, 0.3) is 0 Å². The Kier molecular flexibility index (Phi) is 6.94. The molecule has 0 saturated heterocycles. The van der Waals surface area contributed by atoms with E-state index in [0.29, 0.717) is 19.8 Å². The molecule has 0 aromatic rings. The first-order chi connectivity index (χ1) is 5.63. The fourth-order valence-corrected chi connectivity index (χ4v) is 0.588. The minimum atomic E-state index is -0.446. The number of hydrogen-bond acceptors (Lipinski definition) is 4. The molecule has 12 heavy (non-hydrogen) atoms. The lowest BCUT2D eigenvalue weighted by Crippen LogP contribution is -2.15. The van der Waals surface area contributed by atoms with E-state index < -0.39 is 6.10 Å². The Morgan fingerprint density at radius 3 is 2.50 bits per heavy atom. The molecule has 72 valence electrons. The fourth-order valence-electron chi connectivity index (χ4n) is 0.588. The number of ether oxygens (including phenoxy) is 2. The molecule has 1 atom stereocenters. The van der Waals surface area contributed by atoms with Gasteiger partial charge >= 0.3 is 0 Å². The Bertz CT molecular complexity index is 122. The molecule has 0 spiro atoms. The van der Waals surface area contributed by atoms with E-state index in [2.05, 4.69) is 0 Å². The van der Waals surface area contributed by atoms with Crippen LogP contribution in [0.5, 0.6) is 0 Å². The van der Waals surface area contributed by atoms with Crippen LogP contribution >= 0.6 is 0 Å². The third kappa shape index (κ3) is 9.55. The van der Waals surface area contributed by atoms with E-state index in [1.54, 1.807) is 6.92 Å². The lowest BCUT2D eigenvalue weighted by molar-refractivity contribution is -0.122. The summed E-state index contributed by atoms with van der Waals surface area (Å²) in [4.78, 5) is 10.4. The lowest BCUT2D eigenvalue weighted by atomic mass is 10.4. The van der Waals surface area contributed by atoms with Crippen LogP contribution in [0.1, 0.15) is 13.8 Å². The van der Waals surface area contributed by atoms with Gasteiger partial charge < -0.3 is 14.6 Å². The quantitative estimate of drug-likeness (QED) is 0.554. The molecule has 0 aromatic carbocycles. The number of ketones is 1. The normalized spacial score (nSPS) is 12.9. The summed E-state index contributed by atoms with van der Waals surface area (Å²) in [5.41, 5.74) is 0. The van der Waals surface area contributed by atoms with Gasteiger partial charge in [0.1, 0.15) is 6.61 Å². The van der Waals surface area contributed by atoms with Gasteiger partial charge in [0.05, 0.1) is 25.9 Å². The number of carbonyl (C=O) groups is 1. The zero-order valence-corrected chi connectivity index (χ0v) is 7.58. The second-order valence-electron chi connectivity index (χ2n) is 2.68. The van der Waals surface area contributed by atoms with Gasteiger partial charge in [-0.15, -0.1) is 0 Å². The van der Waals surface area contributed by atoms with Gasteiger partial charge in [0, 0.05) is 0 Å². The van der Waals surface area contributed by atoms with Crippen molar-refractivity contribution in [3.8, 4) is 0 Å². The van der Waals surface area contributed by atoms with Gasteiger partial charge in [0.15, 0.2) is 5.78 Å². The highest BCUT2D eigenvalue weighted by molar-refractivity contribution is 5.76. The Hall–Kier alpha value is -0.450. The van der Waals surface area contributed by atoms with Crippen molar-refractivity contribution in [1.82, 2.24) is 0 Å². The molecule has 1 unspecified atom stereocenters. The molecule has 0 saturated carbocycles. The van der Waals surface area contributed by atoms with E-state index in [1.807, 2.05) is 0 Å². The largest absolute Gasteiger partial charge is 0.391 e. The molecule has 4 nitrogen and oxygen atoms in total. The summed E-state index contributed by atoms with van der Waals surface area (Å²) in [5.74, 6) is 0.00512. The van der Waals surface area contributed by atoms with Crippen LogP contribution in [0.3, 0.4) is 0 Å². The zero-order valence-electron chi connectivity index (χ0n) is 7.58. The van der Waals surface area contributed by atoms with Crippen molar-refractivity contribution in [2.75, 3.05) is 26.4 Å². The third-order valence-electron chi connectivity index (χ3n) is 1.04. The molecule has 0 radical (unpaired) electrons. The molecule has 0 amide bonds. The number of Topliss-reactive ketones (excluding diaryl/α,β-unsaturated/α-hetero) is 1. The first kappa shape index (κ1) is 11.6. The monoisotopic (exact) mass is 176 g/mol. The molecule has 0 heterocycles. The van der Waals surface area contributed by atoms with Crippen LogP contribution < -0.4 is 0 Å². The Balaban J connectivity index is 2.96. The Morgan fingerprint density at radius 2 is 2.00 bits per heavy atom. The maximum atomic E-state index is 10.4. The molecule has 0 aliphatic carbocycles. The Morgan fingerprint density at radius 1 is 1.42 bits per heavy atom. The van der Waals surface area contributed by atoms with Crippen LogP contribution in [0.15, 0.2) is 0 Å². The minimum Gasteiger partial charge on any atom is -0.391 e. The molecule has 4 heteroatoms. The number of rotatable bonds is 7. The lowest BCUT2D eigenvalue weighted by Gasteiger charge is -2.05. The van der Waals surface area contributed by atoms with E-state index in [0.717, 1.165) is 0 Å². The highest BCUT2D eigenvalue weighted by Gasteiger charge is 1.95. The smallest absolute Gasteiger partial charge is 0.155 e. The highest BCUT2D eigenvalue weighted by atomic mass is 16.5. The second-order valence-corrected chi connectivity index (χ2v) is 2.68. The van der Waals surface area contributed by atoms with E-state index in [9.17, 15) is 4.79 Å². The summed E-state index contributed by atoms with van der Waals surface area (Å²) in [5, 5.41) is 8.78. The number of carbonyl (C=O) groups excluding carboxylic acids is 1. The van der Waals surface area contributed by atoms with E-state index >= 15 is 0 Å². The molecule has 1 N–H and O–H groups in total. The maximum absolute atomic E-state index is 10.4. The van der Waals surface area contributed by atoms with Crippen LogP contribution in [0, 0.1) is 0 Å². The van der Waals surface area contributed by atoms with Gasteiger partial charge in [-0.25, -0.2) is 0 Å². The molecular weight excluding hydrogens is 160 g/mol. The third-order valence-corrected chi connectivity index (χ3v) is 1.04. The fraction of sp³-hybridized carbons (Fsp3) is 0.875. The van der Waals surface area contributed by atoms with Gasteiger partial charge in [-0.2, -0.15) is 0 Å². The number of aliphatic hydroxyl groups excluding tert-OH is 1. The van der Waals surface area contributed by atoms with E-state index in [-0.39, 0.29) is 12.4 Å². The first-order valence-corrected chi connectivity index (χ1v) is 3.96. The predicted molar refractivity (Wildman–Crippen MR) is 44.0 cm³/mol. The maximum Gasteiger partial charge on any atom is 0.155 e. The van der Waals surface area contributed by atoms with Crippen LogP contribution in [0.2, 0.25) is 0 Å². The van der Waals surface area contributed by atoms with Crippen molar-refractivity contribution in [1.29, 1.82) is 0 Å². The van der Waals surface area contributed by atoms with Crippen LogP contribution in [0.25, 0.3) is 0 Å². The van der Waals surface area contributed by atoms with Crippen molar-refractivity contribution in [3.05, 3.63) is 0 Å². The zero-order chi connectivity index (χ0) is 9.40. The minimum absolute atomic E-state index is 0.00512. The SMILES string of the molecule is CC(=O)COCCOCC(C)O. The Labute approximate surface area is 72.5 Å². The molecule has 0 rings (SSSR count). The highest BCUT2D eigenvalue weighted by Crippen LogP contribution is 1.83. The number of hydrogen-bond donors (Lipinski definition) is 1. The van der Waals surface area contributed by atoms with Crippen LogP contribution in [-0.4, -0.2) is 43.4 Å². The average Bonchev–Trinajstić information content (AvgIpc) is 1.95. The molecule has 0 aliphatic rings. The summed E-state index contributed by atoms with van der Waals surface area (Å²) in [6.45, 7) is 4.37. The topological polar surface area (TPSA) is 55.8 Å². The number of aliphatic hydroxyl groups is 1. The van der Waals surface area contributed by atoms with Crippen molar-refractivity contribution in [3.63, 3.8) is 0 Å². The van der Waals surface area contributed by atoms with Crippen molar-refractivity contribution >= 4 is 5.78 Å². The van der Waals surface area contributed by atoms with Gasteiger partial charge in [-0.3, -0.25) is 4.79 Å².